The van der Waals surface area contributed by atoms with E-state index in [1.807, 2.05) is 18.4 Å². The number of hydrogen-bond donors (Lipinski definition) is 0. The van der Waals surface area contributed by atoms with Gasteiger partial charge in [0.15, 0.2) is 0 Å². The summed E-state index contributed by atoms with van der Waals surface area (Å²) >= 11 is 16.6. The van der Waals surface area contributed by atoms with E-state index in [0.717, 1.165) is 9.37 Å². The summed E-state index contributed by atoms with van der Waals surface area (Å²) in [4.78, 5) is 1.07. The Morgan fingerprint density at radius 2 is 1.73 bits per heavy atom. The van der Waals surface area contributed by atoms with E-state index in [2.05, 4.69) is 15.9 Å². The van der Waals surface area contributed by atoms with E-state index < -0.39 is 0 Å². The average molecular weight is 272 g/mol. The van der Waals surface area contributed by atoms with Gasteiger partial charge < -0.3 is 0 Å². The van der Waals surface area contributed by atoms with Crippen molar-refractivity contribution in [3.8, 4) is 0 Å². The molecule has 0 saturated carbocycles. The first-order chi connectivity index (χ1) is 5.15. The number of thioether (sulfide) groups is 1. The van der Waals surface area contributed by atoms with Crippen LogP contribution in [0.3, 0.4) is 0 Å². The fraction of sp³-hybridized carbons (Fsp3) is 0.143. The van der Waals surface area contributed by atoms with Gasteiger partial charge in [0.25, 0.3) is 0 Å². The Hall–Kier alpha value is 0.630. The fourth-order valence-corrected chi connectivity index (χ4v) is 1.97. The molecule has 1 aromatic rings. The summed E-state index contributed by atoms with van der Waals surface area (Å²) in [5, 5.41) is 1.31. The second-order valence-corrected chi connectivity index (χ2v) is 4.39. The van der Waals surface area contributed by atoms with Crippen LogP contribution in [0.5, 0.6) is 0 Å². The lowest BCUT2D eigenvalue weighted by Gasteiger charge is -2.01. The summed E-state index contributed by atoms with van der Waals surface area (Å²) in [7, 11) is 0. The van der Waals surface area contributed by atoms with Crippen molar-refractivity contribution in [3.63, 3.8) is 0 Å². The molecule has 11 heavy (non-hydrogen) atoms. The third-order valence-electron chi connectivity index (χ3n) is 1.19. The monoisotopic (exact) mass is 270 g/mol. The summed E-state index contributed by atoms with van der Waals surface area (Å²) in [5.74, 6) is 0. The van der Waals surface area contributed by atoms with Crippen molar-refractivity contribution < 1.29 is 0 Å². The fourth-order valence-electron chi connectivity index (χ4n) is 0.650. The highest BCUT2D eigenvalue weighted by atomic mass is 79.9. The van der Waals surface area contributed by atoms with E-state index in [1.54, 1.807) is 11.8 Å². The van der Waals surface area contributed by atoms with Crippen molar-refractivity contribution >= 4 is 50.9 Å². The summed E-state index contributed by atoms with van der Waals surface area (Å²) in [6.07, 6.45) is 1.98. The molecule has 0 amide bonds. The minimum atomic E-state index is 0.654. The molecule has 0 fully saturated rings. The molecule has 0 saturated heterocycles. The van der Waals surface area contributed by atoms with E-state index in [9.17, 15) is 0 Å². The summed E-state index contributed by atoms with van der Waals surface area (Å²) in [6, 6.07) is 3.75. The molecule has 0 N–H and O–H groups in total. The molecule has 0 bridgehead atoms. The maximum Gasteiger partial charge on any atom is 0.0574 e. The second-order valence-electron chi connectivity index (χ2n) is 1.91. The van der Waals surface area contributed by atoms with Crippen molar-refractivity contribution in [1.82, 2.24) is 0 Å². The van der Waals surface area contributed by atoms with Crippen molar-refractivity contribution in [1.29, 1.82) is 0 Å². The quantitative estimate of drug-likeness (QED) is 0.536. The molecule has 4 heteroatoms. The molecule has 1 rings (SSSR count). The Bertz CT molecular complexity index is 252. The molecule has 0 atom stereocenters. The topological polar surface area (TPSA) is 0 Å². The van der Waals surface area contributed by atoms with E-state index in [0.29, 0.717) is 10.0 Å². The minimum absolute atomic E-state index is 0.654. The first-order valence-corrected chi connectivity index (χ1v) is 5.61. The predicted octanol–water partition coefficient (Wildman–Crippen LogP) is 4.48. The van der Waals surface area contributed by atoms with Gasteiger partial charge in [0.1, 0.15) is 0 Å². The van der Waals surface area contributed by atoms with Crippen LogP contribution in [0.25, 0.3) is 0 Å². The smallest absolute Gasteiger partial charge is 0.0574 e. The third-order valence-corrected chi connectivity index (χ3v) is 3.81. The lowest BCUT2D eigenvalue weighted by molar-refractivity contribution is 1.44. The lowest BCUT2D eigenvalue weighted by Crippen LogP contribution is -1.74. The molecule has 0 unspecified atom stereocenters. The first kappa shape index (κ1) is 9.72. The predicted molar refractivity (Wildman–Crippen MR) is 55.9 cm³/mol. The van der Waals surface area contributed by atoms with Crippen LogP contribution in [0, 0.1) is 0 Å². The van der Waals surface area contributed by atoms with Gasteiger partial charge in [0.2, 0.25) is 0 Å². The molecule has 60 valence electrons. The van der Waals surface area contributed by atoms with Crippen LogP contribution in [-0.4, -0.2) is 6.26 Å². The highest BCUT2D eigenvalue weighted by Gasteiger charge is 2.03. The highest BCUT2D eigenvalue weighted by Crippen LogP contribution is 2.34. The Labute approximate surface area is 88.4 Å². The van der Waals surface area contributed by atoms with Crippen LogP contribution in [0.15, 0.2) is 21.5 Å². The zero-order valence-electron chi connectivity index (χ0n) is 5.70. The van der Waals surface area contributed by atoms with Crippen molar-refractivity contribution in [2.45, 2.75) is 4.90 Å². The van der Waals surface area contributed by atoms with Crippen LogP contribution < -0.4 is 0 Å². The summed E-state index contributed by atoms with van der Waals surface area (Å²) < 4.78 is 0.763. The Morgan fingerprint density at radius 3 is 2.09 bits per heavy atom. The van der Waals surface area contributed by atoms with Gasteiger partial charge in [-0.05, 0) is 34.3 Å². The van der Waals surface area contributed by atoms with Gasteiger partial charge in [-0.15, -0.1) is 11.8 Å². The minimum Gasteiger partial charge on any atom is -0.129 e. The first-order valence-electron chi connectivity index (χ1n) is 2.83. The van der Waals surface area contributed by atoms with Crippen LogP contribution in [0.2, 0.25) is 10.0 Å². The van der Waals surface area contributed by atoms with Gasteiger partial charge in [0, 0.05) is 4.90 Å². The standard InChI is InChI=1S/C7H5BrCl2S/c1-11-4-2-5(9)7(8)6(10)3-4/h2-3H,1H3. The molecule has 0 aliphatic rings. The van der Waals surface area contributed by atoms with Crippen molar-refractivity contribution in [2.75, 3.05) is 6.26 Å². The maximum atomic E-state index is 5.85. The lowest BCUT2D eigenvalue weighted by atomic mass is 10.4. The highest BCUT2D eigenvalue weighted by molar-refractivity contribution is 9.10. The second kappa shape index (κ2) is 4.04. The number of benzene rings is 1. The molecular formula is C7H5BrCl2S. The average Bonchev–Trinajstić information content (AvgIpc) is 1.99. The molecule has 0 spiro atoms. The van der Waals surface area contributed by atoms with Crippen LogP contribution in [0.4, 0.5) is 0 Å². The van der Waals surface area contributed by atoms with Gasteiger partial charge in [0.05, 0.1) is 14.5 Å². The molecule has 0 nitrogen and oxygen atoms in total. The molecule has 0 radical (unpaired) electrons. The SMILES string of the molecule is CSc1cc(Cl)c(Br)c(Cl)c1. The third kappa shape index (κ3) is 2.28. The summed E-state index contributed by atoms with van der Waals surface area (Å²) in [6.45, 7) is 0. The summed E-state index contributed by atoms with van der Waals surface area (Å²) in [5.41, 5.74) is 0. The molecule has 0 aromatic heterocycles. The van der Waals surface area contributed by atoms with E-state index in [-0.39, 0.29) is 0 Å². The molecule has 0 aliphatic heterocycles. The zero-order chi connectivity index (χ0) is 8.43. The van der Waals surface area contributed by atoms with Gasteiger partial charge >= 0.3 is 0 Å². The Kier molecular flexibility index (Phi) is 3.56. The largest absolute Gasteiger partial charge is 0.129 e. The van der Waals surface area contributed by atoms with E-state index in [4.69, 9.17) is 23.2 Å². The number of hydrogen-bond acceptors (Lipinski definition) is 1. The Balaban J connectivity index is 3.21. The van der Waals surface area contributed by atoms with Crippen molar-refractivity contribution in [3.05, 3.63) is 26.7 Å². The van der Waals surface area contributed by atoms with E-state index >= 15 is 0 Å². The molecule has 0 heterocycles. The van der Waals surface area contributed by atoms with E-state index in [1.165, 1.54) is 0 Å². The van der Waals surface area contributed by atoms with Crippen LogP contribution in [0.1, 0.15) is 0 Å². The Morgan fingerprint density at radius 1 is 1.27 bits per heavy atom. The van der Waals surface area contributed by atoms with Gasteiger partial charge in [-0.3, -0.25) is 0 Å². The molecule has 0 aliphatic carbocycles. The van der Waals surface area contributed by atoms with Gasteiger partial charge in [-0.2, -0.15) is 0 Å². The van der Waals surface area contributed by atoms with Gasteiger partial charge in [-0.25, -0.2) is 0 Å². The van der Waals surface area contributed by atoms with Crippen LogP contribution >= 0.6 is 50.9 Å². The number of rotatable bonds is 1. The number of halogens is 3. The maximum absolute atomic E-state index is 5.85. The van der Waals surface area contributed by atoms with Crippen LogP contribution in [-0.2, 0) is 0 Å². The molecule has 1 aromatic carbocycles. The van der Waals surface area contributed by atoms with Gasteiger partial charge in [-0.1, -0.05) is 23.2 Å². The zero-order valence-corrected chi connectivity index (χ0v) is 9.61. The molecular weight excluding hydrogens is 267 g/mol. The normalized spacial score (nSPS) is 10.2. The van der Waals surface area contributed by atoms with Crippen molar-refractivity contribution in [2.24, 2.45) is 0 Å².